The maximum atomic E-state index is 12.8. The van der Waals surface area contributed by atoms with Gasteiger partial charge in [0.1, 0.15) is 0 Å². The Hall–Kier alpha value is -1.50. The van der Waals surface area contributed by atoms with Gasteiger partial charge in [-0.3, -0.25) is 4.98 Å². The molecule has 1 saturated heterocycles. The van der Waals surface area contributed by atoms with Crippen molar-refractivity contribution in [1.29, 1.82) is 0 Å². The predicted octanol–water partition coefficient (Wildman–Crippen LogP) is 2.18. The molecular formula is C16H20N2O3S. The molecule has 1 fully saturated rings. The van der Waals surface area contributed by atoms with Gasteiger partial charge in [0.2, 0.25) is 10.0 Å². The van der Waals surface area contributed by atoms with Gasteiger partial charge in [-0.1, -0.05) is 24.3 Å². The standard InChI is InChI=1S/C16H20N2O3S/c1-13-7-10-21-11-9-18(13)22(19,20)12-15-5-2-4-14-6-3-8-17-16(14)15/h2-6,8,13H,7,9-12H2,1H3. The van der Waals surface area contributed by atoms with E-state index in [1.54, 1.807) is 10.5 Å². The van der Waals surface area contributed by atoms with Crippen LogP contribution in [-0.4, -0.2) is 43.5 Å². The molecule has 0 N–H and O–H groups in total. The van der Waals surface area contributed by atoms with Gasteiger partial charge in [0.05, 0.1) is 17.9 Å². The van der Waals surface area contributed by atoms with Crippen molar-refractivity contribution >= 4 is 20.9 Å². The number of fused-ring (bicyclic) bond motifs is 1. The summed E-state index contributed by atoms with van der Waals surface area (Å²) in [4.78, 5) is 4.34. The Morgan fingerprint density at radius 1 is 1.27 bits per heavy atom. The number of hydrogen-bond donors (Lipinski definition) is 0. The van der Waals surface area contributed by atoms with Crippen LogP contribution in [0.4, 0.5) is 0 Å². The Kier molecular flexibility index (Phi) is 4.42. The lowest BCUT2D eigenvalue weighted by atomic mass is 10.1. The van der Waals surface area contributed by atoms with Crippen molar-refractivity contribution in [3.05, 3.63) is 42.1 Å². The molecule has 1 atom stereocenters. The van der Waals surface area contributed by atoms with Crippen molar-refractivity contribution in [2.75, 3.05) is 19.8 Å². The summed E-state index contributed by atoms with van der Waals surface area (Å²) >= 11 is 0. The number of ether oxygens (including phenoxy) is 1. The molecule has 3 rings (SSSR count). The molecule has 2 heterocycles. The molecule has 0 bridgehead atoms. The normalized spacial score (nSPS) is 20.9. The van der Waals surface area contributed by atoms with Gasteiger partial charge in [-0.2, -0.15) is 4.31 Å². The Morgan fingerprint density at radius 2 is 2.09 bits per heavy atom. The summed E-state index contributed by atoms with van der Waals surface area (Å²) in [5.74, 6) is -0.0221. The van der Waals surface area contributed by atoms with Gasteiger partial charge in [0, 0.05) is 30.8 Å². The zero-order valence-corrected chi connectivity index (χ0v) is 13.4. The van der Waals surface area contributed by atoms with Crippen molar-refractivity contribution in [1.82, 2.24) is 9.29 Å². The number of hydrogen-bond acceptors (Lipinski definition) is 4. The first-order valence-electron chi connectivity index (χ1n) is 7.48. The molecule has 1 aliphatic heterocycles. The molecule has 1 aromatic carbocycles. The fourth-order valence-electron chi connectivity index (χ4n) is 2.85. The van der Waals surface area contributed by atoms with E-state index in [0.717, 1.165) is 22.9 Å². The number of aromatic nitrogens is 1. The highest BCUT2D eigenvalue weighted by Gasteiger charge is 2.29. The van der Waals surface area contributed by atoms with E-state index in [0.29, 0.717) is 19.8 Å². The lowest BCUT2D eigenvalue weighted by Crippen LogP contribution is -2.40. The molecule has 22 heavy (non-hydrogen) atoms. The van der Waals surface area contributed by atoms with Crippen LogP contribution < -0.4 is 0 Å². The first-order valence-corrected chi connectivity index (χ1v) is 9.09. The van der Waals surface area contributed by atoms with Crippen molar-refractivity contribution in [2.24, 2.45) is 0 Å². The summed E-state index contributed by atoms with van der Waals surface area (Å²) in [6, 6.07) is 9.43. The van der Waals surface area contributed by atoms with E-state index in [2.05, 4.69) is 4.98 Å². The van der Waals surface area contributed by atoms with E-state index >= 15 is 0 Å². The number of sulfonamides is 1. The third-order valence-corrected chi connectivity index (χ3v) is 5.97. The van der Waals surface area contributed by atoms with Crippen LogP contribution >= 0.6 is 0 Å². The fraction of sp³-hybridized carbons (Fsp3) is 0.438. The van der Waals surface area contributed by atoms with Crippen LogP contribution in [-0.2, 0) is 20.5 Å². The third kappa shape index (κ3) is 3.14. The number of benzene rings is 1. The second kappa shape index (κ2) is 6.32. The van der Waals surface area contributed by atoms with E-state index in [9.17, 15) is 8.42 Å². The Labute approximate surface area is 131 Å². The largest absolute Gasteiger partial charge is 0.380 e. The zero-order chi connectivity index (χ0) is 15.6. The second-order valence-electron chi connectivity index (χ2n) is 5.61. The van der Waals surface area contributed by atoms with E-state index in [4.69, 9.17) is 4.74 Å². The van der Waals surface area contributed by atoms with Crippen LogP contribution in [0.3, 0.4) is 0 Å². The highest BCUT2D eigenvalue weighted by atomic mass is 32.2. The second-order valence-corrected chi connectivity index (χ2v) is 7.53. The molecule has 0 radical (unpaired) electrons. The Morgan fingerprint density at radius 3 is 2.95 bits per heavy atom. The van der Waals surface area contributed by atoms with Gasteiger partial charge in [-0.05, 0) is 25.0 Å². The molecule has 0 saturated carbocycles. The minimum absolute atomic E-state index is 0.0221. The Balaban J connectivity index is 1.93. The smallest absolute Gasteiger partial charge is 0.218 e. The van der Waals surface area contributed by atoms with E-state index in [1.165, 1.54) is 0 Å². The topological polar surface area (TPSA) is 59.5 Å². The maximum Gasteiger partial charge on any atom is 0.218 e. The molecule has 2 aromatic rings. The predicted molar refractivity (Wildman–Crippen MR) is 86.0 cm³/mol. The maximum absolute atomic E-state index is 12.8. The summed E-state index contributed by atoms with van der Waals surface area (Å²) < 4.78 is 32.6. The van der Waals surface area contributed by atoms with E-state index in [-0.39, 0.29) is 11.8 Å². The van der Waals surface area contributed by atoms with Gasteiger partial charge >= 0.3 is 0 Å². The van der Waals surface area contributed by atoms with Crippen LogP contribution in [0.25, 0.3) is 10.9 Å². The van der Waals surface area contributed by atoms with Crippen LogP contribution in [0.5, 0.6) is 0 Å². The SMILES string of the molecule is CC1CCOCCN1S(=O)(=O)Cc1cccc2cccnc12. The number of rotatable bonds is 3. The van der Waals surface area contributed by atoms with Crippen LogP contribution in [0.1, 0.15) is 18.9 Å². The molecule has 6 heteroatoms. The average Bonchev–Trinajstić information content (AvgIpc) is 2.72. The molecule has 1 aromatic heterocycles. The van der Waals surface area contributed by atoms with E-state index in [1.807, 2.05) is 37.3 Å². The van der Waals surface area contributed by atoms with Gasteiger partial charge in [0.25, 0.3) is 0 Å². The lowest BCUT2D eigenvalue weighted by Gasteiger charge is -2.25. The monoisotopic (exact) mass is 320 g/mol. The van der Waals surface area contributed by atoms with Gasteiger partial charge in [-0.25, -0.2) is 8.42 Å². The van der Waals surface area contributed by atoms with E-state index < -0.39 is 10.0 Å². The third-order valence-electron chi connectivity index (χ3n) is 4.04. The summed E-state index contributed by atoms with van der Waals surface area (Å²) in [7, 11) is -3.39. The summed E-state index contributed by atoms with van der Waals surface area (Å²) in [5, 5.41) is 0.961. The van der Waals surface area contributed by atoms with Gasteiger partial charge in [-0.15, -0.1) is 0 Å². The zero-order valence-electron chi connectivity index (χ0n) is 12.6. The fourth-order valence-corrected chi connectivity index (χ4v) is 4.65. The first-order chi connectivity index (χ1) is 10.6. The van der Waals surface area contributed by atoms with Crippen molar-refractivity contribution in [2.45, 2.75) is 25.1 Å². The minimum atomic E-state index is -3.39. The van der Waals surface area contributed by atoms with Crippen molar-refractivity contribution in [3.63, 3.8) is 0 Å². The Bertz CT molecular complexity index is 756. The molecule has 0 aliphatic carbocycles. The summed E-state index contributed by atoms with van der Waals surface area (Å²) in [6.07, 6.45) is 2.42. The number of nitrogens with zero attached hydrogens (tertiary/aromatic N) is 2. The molecule has 0 amide bonds. The highest BCUT2D eigenvalue weighted by Crippen LogP contribution is 2.22. The van der Waals surface area contributed by atoms with Gasteiger partial charge in [0.15, 0.2) is 0 Å². The number of para-hydroxylation sites is 1. The van der Waals surface area contributed by atoms with Crippen LogP contribution in [0, 0.1) is 0 Å². The summed E-state index contributed by atoms with van der Waals surface area (Å²) in [5.41, 5.74) is 1.50. The number of pyridine rings is 1. The van der Waals surface area contributed by atoms with Crippen LogP contribution in [0.2, 0.25) is 0 Å². The van der Waals surface area contributed by atoms with Gasteiger partial charge < -0.3 is 4.74 Å². The molecular weight excluding hydrogens is 300 g/mol. The molecule has 1 unspecified atom stereocenters. The quantitative estimate of drug-likeness (QED) is 0.870. The lowest BCUT2D eigenvalue weighted by molar-refractivity contribution is 0.148. The average molecular weight is 320 g/mol. The van der Waals surface area contributed by atoms with Crippen LogP contribution in [0.15, 0.2) is 36.5 Å². The first kappa shape index (κ1) is 15.4. The highest BCUT2D eigenvalue weighted by molar-refractivity contribution is 7.88. The molecule has 0 spiro atoms. The summed E-state index contributed by atoms with van der Waals surface area (Å²) in [6.45, 7) is 3.43. The minimum Gasteiger partial charge on any atom is -0.380 e. The molecule has 1 aliphatic rings. The van der Waals surface area contributed by atoms with Crippen molar-refractivity contribution in [3.8, 4) is 0 Å². The van der Waals surface area contributed by atoms with Crippen molar-refractivity contribution < 1.29 is 13.2 Å². The molecule has 5 nitrogen and oxygen atoms in total. The molecule has 118 valence electrons.